The number of aryl methyl sites for hydroxylation is 2. The first kappa shape index (κ1) is 14.6. The van der Waals surface area contributed by atoms with Crippen molar-refractivity contribution in [3.05, 3.63) is 29.3 Å². The van der Waals surface area contributed by atoms with Gasteiger partial charge in [0.15, 0.2) is 0 Å². The Labute approximate surface area is 114 Å². The molecule has 1 rings (SSSR count). The molecule has 0 N–H and O–H groups in total. The first-order valence-electron chi connectivity index (χ1n) is 6.30. The van der Waals surface area contributed by atoms with Gasteiger partial charge in [-0.25, -0.2) is 0 Å². The second kappa shape index (κ2) is 7.05. The van der Waals surface area contributed by atoms with Crippen LogP contribution in [-0.4, -0.2) is 11.9 Å². The van der Waals surface area contributed by atoms with Gasteiger partial charge in [-0.3, -0.25) is 0 Å². The summed E-state index contributed by atoms with van der Waals surface area (Å²) < 4.78 is 5.40. The molecule has 1 nitrogen and oxygen atoms in total. The van der Waals surface area contributed by atoms with Gasteiger partial charge in [0.1, 0.15) is 5.75 Å². The predicted octanol–water partition coefficient (Wildman–Crippen LogP) is 4.75. The van der Waals surface area contributed by atoms with E-state index in [1.807, 2.05) is 0 Å². The standard InChI is InChI=1S/C15H23BrO/c1-11(2)9-14(16)7-6-13-10-12(3)5-8-15(13)17-4/h5,8,10-11,14H,6-7,9H2,1-4H3. The van der Waals surface area contributed by atoms with Crippen molar-refractivity contribution in [1.82, 2.24) is 0 Å². The Kier molecular flexibility index (Phi) is 6.04. The van der Waals surface area contributed by atoms with Gasteiger partial charge in [0.05, 0.1) is 7.11 Å². The summed E-state index contributed by atoms with van der Waals surface area (Å²) in [4.78, 5) is 0.604. The Balaban J connectivity index is 2.58. The van der Waals surface area contributed by atoms with Crippen LogP contribution in [0, 0.1) is 12.8 Å². The van der Waals surface area contributed by atoms with Crippen LogP contribution in [0.15, 0.2) is 18.2 Å². The molecule has 96 valence electrons. The van der Waals surface area contributed by atoms with E-state index >= 15 is 0 Å². The van der Waals surface area contributed by atoms with Crippen molar-refractivity contribution >= 4 is 15.9 Å². The van der Waals surface area contributed by atoms with Crippen LogP contribution in [0.2, 0.25) is 0 Å². The number of halogens is 1. The van der Waals surface area contributed by atoms with Crippen molar-refractivity contribution in [2.45, 2.75) is 44.9 Å². The lowest BCUT2D eigenvalue weighted by atomic mass is 10.0. The molecule has 0 radical (unpaired) electrons. The third kappa shape index (κ3) is 5.12. The quantitative estimate of drug-likeness (QED) is 0.689. The highest BCUT2D eigenvalue weighted by molar-refractivity contribution is 9.09. The molecule has 1 aromatic rings. The molecule has 0 fully saturated rings. The van der Waals surface area contributed by atoms with Gasteiger partial charge in [-0.15, -0.1) is 0 Å². The first-order chi connectivity index (χ1) is 8.02. The first-order valence-corrected chi connectivity index (χ1v) is 7.22. The Bertz CT molecular complexity index is 347. The molecule has 0 aromatic heterocycles. The highest BCUT2D eigenvalue weighted by atomic mass is 79.9. The maximum Gasteiger partial charge on any atom is 0.122 e. The van der Waals surface area contributed by atoms with Crippen LogP contribution in [0.4, 0.5) is 0 Å². The lowest BCUT2D eigenvalue weighted by Crippen LogP contribution is -2.05. The van der Waals surface area contributed by atoms with Crippen LogP contribution in [0.1, 0.15) is 37.8 Å². The van der Waals surface area contributed by atoms with E-state index in [-0.39, 0.29) is 0 Å². The minimum atomic E-state index is 0.604. The minimum absolute atomic E-state index is 0.604. The Morgan fingerprint density at radius 3 is 2.59 bits per heavy atom. The largest absolute Gasteiger partial charge is 0.496 e. The van der Waals surface area contributed by atoms with Crippen LogP contribution < -0.4 is 4.74 Å². The van der Waals surface area contributed by atoms with Crippen molar-refractivity contribution in [2.75, 3.05) is 7.11 Å². The van der Waals surface area contributed by atoms with E-state index in [1.165, 1.54) is 17.5 Å². The summed E-state index contributed by atoms with van der Waals surface area (Å²) in [6.07, 6.45) is 3.47. The van der Waals surface area contributed by atoms with Gasteiger partial charge in [0.2, 0.25) is 0 Å². The number of hydrogen-bond donors (Lipinski definition) is 0. The van der Waals surface area contributed by atoms with E-state index < -0.39 is 0 Å². The van der Waals surface area contributed by atoms with E-state index in [1.54, 1.807) is 7.11 Å². The second-order valence-corrected chi connectivity index (χ2v) is 6.38. The van der Waals surface area contributed by atoms with Gasteiger partial charge >= 0.3 is 0 Å². The van der Waals surface area contributed by atoms with E-state index in [0.29, 0.717) is 4.83 Å². The third-order valence-corrected chi connectivity index (χ3v) is 3.72. The molecule has 17 heavy (non-hydrogen) atoms. The zero-order valence-electron chi connectivity index (χ0n) is 11.3. The summed E-state index contributed by atoms with van der Waals surface area (Å²) in [5.41, 5.74) is 2.62. The van der Waals surface area contributed by atoms with Gasteiger partial charge in [0, 0.05) is 4.83 Å². The predicted molar refractivity (Wildman–Crippen MR) is 78.2 cm³/mol. The maximum absolute atomic E-state index is 5.40. The molecule has 0 heterocycles. The molecule has 0 aliphatic rings. The molecule has 0 aliphatic carbocycles. The normalized spacial score (nSPS) is 12.8. The van der Waals surface area contributed by atoms with Crippen molar-refractivity contribution in [3.8, 4) is 5.75 Å². The molecule has 0 bridgehead atoms. The Morgan fingerprint density at radius 2 is 2.00 bits per heavy atom. The van der Waals surface area contributed by atoms with E-state index in [2.05, 4.69) is 54.9 Å². The van der Waals surface area contributed by atoms with Crippen LogP contribution in [0.3, 0.4) is 0 Å². The molecule has 0 amide bonds. The molecule has 0 aliphatic heterocycles. The Hall–Kier alpha value is -0.500. The molecule has 2 heteroatoms. The van der Waals surface area contributed by atoms with Crippen molar-refractivity contribution in [3.63, 3.8) is 0 Å². The molecule has 0 spiro atoms. The number of ether oxygens (including phenoxy) is 1. The number of rotatable bonds is 6. The summed E-state index contributed by atoms with van der Waals surface area (Å²) in [6, 6.07) is 6.40. The summed E-state index contributed by atoms with van der Waals surface area (Å²) in [6.45, 7) is 6.66. The number of alkyl halides is 1. The number of methoxy groups -OCH3 is 1. The topological polar surface area (TPSA) is 9.23 Å². The summed E-state index contributed by atoms with van der Waals surface area (Å²) in [5.74, 6) is 1.76. The molecular formula is C15H23BrO. The highest BCUT2D eigenvalue weighted by Gasteiger charge is 2.09. The number of benzene rings is 1. The van der Waals surface area contributed by atoms with Gasteiger partial charge < -0.3 is 4.74 Å². The summed E-state index contributed by atoms with van der Waals surface area (Å²) >= 11 is 3.76. The highest BCUT2D eigenvalue weighted by Crippen LogP contribution is 2.24. The SMILES string of the molecule is COc1ccc(C)cc1CCC(Br)CC(C)C. The lowest BCUT2D eigenvalue weighted by molar-refractivity contribution is 0.408. The molecule has 1 aromatic carbocycles. The maximum atomic E-state index is 5.40. The van der Waals surface area contributed by atoms with E-state index in [9.17, 15) is 0 Å². The molecule has 0 saturated heterocycles. The average Bonchev–Trinajstić information content (AvgIpc) is 2.25. The van der Waals surface area contributed by atoms with Crippen molar-refractivity contribution in [1.29, 1.82) is 0 Å². The molecule has 1 unspecified atom stereocenters. The van der Waals surface area contributed by atoms with Crippen molar-refractivity contribution in [2.24, 2.45) is 5.92 Å². The fourth-order valence-electron chi connectivity index (χ4n) is 2.04. The average molecular weight is 299 g/mol. The Morgan fingerprint density at radius 1 is 1.29 bits per heavy atom. The molecule has 1 atom stereocenters. The van der Waals surface area contributed by atoms with Gasteiger partial charge in [-0.2, -0.15) is 0 Å². The van der Waals surface area contributed by atoms with Crippen LogP contribution >= 0.6 is 15.9 Å². The third-order valence-electron chi connectivity index (χ3n) is 2.89. The van der Waals surface area contributed by atoms with E-state index in [4.69, 9.17) is 4.74 Å². The lowest BCUT2D eigenvalue weighted by Gasteiger charge is -2.14. The van der Waals surface area contributed by atoms with E-state index in [0.717, 1.165) is 24.5 Å². The monoisotopic (exact) mass is 298 g/mol. The zero-order chi connectivity index (χ0) is 12.8. The van der Waals surface area contributed by atoms with Crippen LogP contribution in [0.5, 0.6) is 5.75 Å². The minimum Gasteiger partial charge on any atom is -0.496 e. The summed E-state index contributed by atoms with van der Waals surface area (Å²) in [5, 5.41) is 0. The summed E-state index contributed by atoms with van der Waals surface area (Å²) in [7, 11) is 1.74. The van der Waals surface area contributed by atoms with Crippen molar-refractivity contribution < 1.29 is 4.74 Å². The van der Waals surface area contributed by atoms with Crippen LogP contribution in [0.25, 0.3) is 0 Å². The van der Waals surface area contributed by atoms with Crippen LogP contribution in [-0.2, 0) is 6.42 Å². The molecule has 0 saturated carbocycles. The van der Waals surface area contributed by atoms with Gasteiger partial charge in [0.25, 0.3) is 0 Å². The zero-order valence-corrected chi connectivity index (χ0v) is 12.9. The fourth-order valence-corrected chi connectivity index (χ4v) is 3.02. The van der Waals surface area contributed by atoms with Gasteiger partial charge in [-0.05, 0) is 43.7 Å². The molecular weight excluding hydrogens is 276 g/mol. The second-order valence-electron chi connectivity index (χ2n) is 5.08. The van der Waals surface area contributed by atoms with Gasteiger partial charge in [-0.1, -0.05) is 47.5 Å². The number of hydrogen-bond acceptors (Lipinski definition) is 1. The smallest absolute Gasteiger partial charge is 0.122 e. The fraction of sp³-hybridized carbons (Fsp3) is 0.600.